The molecule has 0 amide bonds. The fourth-order valence-electron chi connectivity index (χ4n) is 2.47. The van der Waals surface area contributed by atoms with E-state index in [0.29, 0.717) is 16.3 Å². The van der Waals surface area contributed by atoms with E-state index in [0.717, 1.165) is 6.07 Å². The molecule has 0 saturated carbocycles. The summed E-state index contributed by atoms with van der Waals surface area (Å²) in [6, 6.07) is 8.60. The first kappa shape index (κ1) is 17.9. The lowest BCUT2D eigenvalue weighted by molar-refractivity contribution is -0.138. The molecule has 0 bridgehead atoms. The fourth-order valence-corrected chi connectivity index (χ4v) is 2.65. The Morgan fingerprint density at radius 3 is 2.81 bits per heavy atom. The van der Waals surface area contributed by atoms with Crippen molar-refractivity contribution in [2.75, 3.05) is 20.3 Å². The van der Waals surface area contributed by atoms with Crippen LogP contribution < -0.4 is 9.47 Å². The summed E-state index contributed by atoms with van der Waals surface area (Å²) in [5.74, 6) is -1.05. The molecule has 0 aliphatic carbocycles. The normalized spacial score (nSPS) is 12.5. The van der Waals surface area contributed by atoms with Crippen molar-refractivity contribution in [1.29, 1.82) is 0 Å². The summed E-state index contributed by atoms with van der Waals surface area (Å²) in [6.45, 7) is -0.524. The highest BCUT2D eigenvalue weighted by atomic mass is 35.5. The Morgan fingerprint density at radius 2 is 2.04 bits per heavy atom. The number of hydrogen-bond acceptors (Lipinski definition) is 5. The fraction of sp³-hybridized carbons (Fsp3) is 0.158. The Hall–Kier alpha value is -2.86. The van der Waals surface area contributed by atoms with Crippen molar-refractivity contribution < 1.29 is 28.2 Å². The molecule has 1 heterocycles. The lowest BCUT2D eigenvalue weighted by Gasteiger charge is -2.17. The number of fused-ring (bicyclic) bond motifs is 1. The van der Waals surface area contributed by atoms with Crippen molar-refractivity contribution in [3.63, 3.8) is 0 Å². The summed E-state index contributed by atoms with van der Waals surface area (Å²) in [6.07, 6.45) is 1.60. The molecule has 0 spiro atoms. The molecule has 2 aromatic rings. The maximum atomic E-state index is 13.4. The summed E-state index contributed by atoms with van der Waals surface area (Å²) < 4.78 is 28.9. The van der Waals surface area contributed by atoms with Gasteiger partial charge in [0.15, 0.2) is 6.61 Å². The number of ether oxygens (including phenoxy) is 3. The van der Waals surface area contributed by atoms with E-state index in [9.17, 15) is 14.0 Å². The first-order valence-corrected chi connectivity index (χ1v) is 8.02. The van der Waals surface area contributed by atoms with Crippen LogP contribution >= 0.6 is 11.6 Å². The standard InChI is InChI=1S/C19H14ClFO5/c1-24-18-5-3-14(21)8-15(18)16(22)10-26-19(23)12-6-11-7-13(20)2-4-17(11)25-9-12/h2-8H,9-10H2,1H3. The molecule has 1 aliphatic heterocycles. The van der Waals surface area contributed by atoms with Crippen LogP contribution in [0.2, 0.25) is 5.02 Å². The molecule has 0 atom stereocenters. The van der Waals surface area contributed by atoms with Gasteiger partial charge in [-0.25, -0.2) is 9.18 Å². The Kier molecular flexibility index (Phi) is 5.23. The van der Waals surface area contributed by atoms with Gasteiger partial charge in [0.2, 0.25) is 5.78 Å². The zero-order chi connectivity index (χ0) is 18.7. The minimum Gasteiger partial charge on any atom is -0.496 e. The second-order valence-electron chi connectivity index (χ2n) is 5.48. The molecule has 5 nitrogen and oxygen atoms in total. The third-order valence-electron chi connectivity index (χ3n) is 3.74. The van der Waals surface area contributed by atoms with Gasteiger partial charge in [-0.1, -0.05) is 11.6 Å². The van der Waals surface area contributed by atoms with Crippen molar-refractivity contribution in [3.8, 4) is 11.5 Å². The Bertz CT molecular complexity index is 907. The van der Waals surface area contributed by atoms with Crippen LogP contribution in [0.15, 0.2) is 42.0 Å². The number of carbonyl (C=O) groups is 2. The molecular formula is C19H14ClFO5. The van der Waals surface area contributed by atoms with Crippen LogP contribution in [0.25, 0.3) is 6.08 Å². The SMILES string of the molecule is COc1ccc(F)cc1C(=O)COC(=O)C1=Cc2cc(Cl)ccc2OC1. The van der Waals surface area contributed by atoms with Crippen molar-refractivity contribution >= 4 is 29.4 Å². The average molecular weight is 377 g/mol. The second kappa shape index (κ2) is 7.58. The van der Waals surface area contributed by atoms with Crippen molar-refractivity contribution in [3.05, 3.63) is 63.9 Å². The van der Waals surface area contributed by atoms with Gasteiger partial charge < -0.3 is 14.2 Å². The Morgan fingerprint density at radius 1 is 1.23 bits per heavy atom. The number of Topliss-reactive ketones (excluding diaryl/α,β-unsaturated/α-hetero) is 1. The first-order chi connectivity index (χ1) is 12.5. The van der Waals surface area contributed by atoms with Gasteiger partial charge in [-0.05, 0) is 42.5 Å². The van der Waals surface area contributed by atoms with E-state index >= 15 is 0 Å². The topological polar surface area (TPSA) is 61.8 Å². The van der Waals surface area contributed by atoms with Gasteiger partial charge in [-0.3, -0.25) is 4.79 Å². The van der Waals surface area contributed by atoms with Crippen molar-refractivity contribution in [2.45, 2.75) is 0 Å². The van der Waals surface area contributed by atoms with Crippen LogP contribution in [-0.4, -0.2) is 32.1 Å². The third-order valence-corrected chi connectivity index (χ3v) is 3.98. The molecule has 3 rings (SSSR count). The van der Waals surface area contributed by atoms with Crippen molar-refractivity contribution in [1.82, 2.24) is 0 Å². The largest absolute Gasteiger partial charge is 0.496 e. The van der Waals surface area contributed by atoms with Gasteiger partial charge >= 0.3 is 5.97 Å². The molecule has 0 N–H and O–H groups in total. The maximum absolute atomic E-state index is 13.4. The summed E-state index contributed by atoms with van der Waals surface area (Å²) in [5.41, 5.74) is 0.902. The number of carbonyl (C=O) groups excluding carboxylic acids is 2. The maximum Gasteiger partial charge on any atom is 0.337 e. The predicted octanol–water partition coefficient (Wildman–Crippen LogP) is 3.69. The van der Waals surface area contributed by atoms with Gasteiger partial charge in [0.1, 0.15) is 23.9 Å². The van der Waals surface area contributed by atoms with Gasteiger partial charge in [0.25, 0.3) is 0 Å². The van der Waals surface area contributed by atoms with Gasteiger partial charge in [-0.15, -0.1) is 0 Å². The number of benzene rings is 2. The minimum absolute atomic E-state index is 0.00583. The van der Waals surface area contributed by atoms with Crippen LogP contribution in [-0.2, 0) is 9.53 Å². The Labute approximate surface area is 153 Å². The molecule has 0 radical (unpaired) electrons. The number of esters is 1. The number of hydrogen-bond donors (Lipinski definition) is 0. The Balaban J connectivity index is 1.70. The average Bonchev–Trinajstić information content (AvgIpc) is 2.65. The van der Waals surface area contributed by atoms with Crippen LogP contribution in [0, 0.1) is 5.82 Å². The summed E-state index contributed by atoms with van der Waals surface area (Å²) in [4.78, 5) is 24.4. The van der Waals surface area contributed by atoms with E-state index in [-0.39, 0.29) is 23.5 Å². The summed E-state index contributed by atoms with van der Waals surface area (Å²) >= 11 is 5.93. The highest BCUT2D eigenvalue weighted by Gasteiger charge is 2.21. The summed E-state index contributed by atoms with van der Waals surface area (Å²) in [7, 11) is 1.36. The van der Waals surface area contributed by atoms with Gasteiger partial charge in [0, 0.05) is 10.6 Å². The highest BCUT2D eigenvalue weighted by Crippen LogP contribution is 2.29. The lowest BCUT2D eigenvalue weighted by Crippen LogP contribution is -2.20. The lowest BCUT2D eigenvalue weighted by atomic mass is 10.1. The van der Waals surface area contributed by atoms with Crippen LogP contribution in [0.4, 0.5) is 4.39 Å². The van der Waals surface area contributed by atoms with Gasteiger partial charge in [0.05, 0.1) is 18.2 Å². The molecular weight excluding hydrogens is 363 g/mol. The number of methoxy groups -OCH3 is 1. The molecule has 0 saturated heterocycles. The number of ketones is 1. The van der Waals surface area contributed by atoms with E-state index in [1.165, 1.54) is 19.2 Å². The van der Waals surface area contributed by atoms with E-state index < -0.39 is 24.2 Å². The first-order valence-electron chi connectivity index (χ1n) is 7.64. The van der Waals surface area contributed by atoms with E-state index in [1.54, 1.807) is 24.3 Å². The molecule has 7 heteroatoms. The number of rotatable bonds is 5. The molecule has 2 aromatic carbocycles. The molecule has 0 fully saturated rings. The van der Waals surface area contributed by atoms with Crippen LogP contribution in [0.1, 0.15) is 15.9 Å². The molecule has 0 unspecified atom stereocenters. The van der Waals surface area contributed by atoms with Crippen molar-refractivity contribution in [2.24, 2.45) is 0 Å². The quantitative estimate of drug-likeness (QED) is 0.588. The van der Waals surface area contributed by atoms with Crippen LogP contribution in [0.5, 0.6) is 11.5 Å². The minimum atomic E-state index is -0.695. The van der Waals surface area contributed by atoms with E-state index in [4.69, 9.17) is 25.8 Å². The highest BCUT2D eigenvalue weighted by molar-refractivity contribution is 6.30. The number of halogens is 2. The molecule has 134 valence electrons. The third kappa shape index (κ3) is 3.86. The monoisotopic (exact) mass is 376 g/mol. The zero-order valence-corrected chi connectivity index (χ0v) is 14.5. The molecule has 0 aromatic heterocycles. The summed E-state index contributed by atoms with van der Waals surface area (Å²) in [5, 5.41) is 0.506. The molecule has 26 heavy (non-hydrogen) atoms. The van der Waals surface area contributed by atoms with E-state index in [1.807, 2.05) is 0 Å². The second-order valence-corrected chi connectivity index (χ2v) is 5.92. The van der Waals surface area contributed by atoms with Gasteiger partial charge in [-0.2, -0.15) is 0 Å². The predicted molar refractivity (Wildman–Crippen MR) is 93.2 cm³/mol. The molecule has 1 aliphatic rings. The van der Waals surface area contributed by atoms with E-state index in [2.05, 4.69) is 0 Å². The van der Waals surface area contributed by atoms with Crippen LogP contribution in [0.3, 0.4) is 0 Å². The zero-order valence-electron chi connectivity index (χ0n) is 13.8. The smallest absolute Gasteiger partial charge is 0.337 e.